The van der Waals surface area contributed by atoms with Gasteiger partial charge in [0.15, 0.2) is 0 Å². The van der Waals surface area contributed by atoms with E-state index in [1.165, 1.54) is 5.56 Å². The Bertz CT molecular complexity index is 878. The monoisotopic (exact) mass is 494 g/mol. The number of thioether (sulfide) groups is 1. The van der Waals surface area contributed by atoms with Crippen LogP contribution in [0.25, 0.3) is 0 Å². The average molecular weight is 496 g/mol. The number of amides is 2. The van der Waals surface area contributed by atoms with Crippen LogP contribution in [0.5, 0.6) is 0 Å². The fraction of sp³-hybridized carbons (Fsp3) is 0.440. The maximum absolute atomic E-state index is 13.2. The minimum Gasteiger partial charge on any atom is -0.354 e. The van der Waals surface area contributed by atoms with Gasteiger partial charge in [-0.2, -0.15) is 11.8 Å². The van der Waals surface area contributed by atoms with Crippen molar-refractivity contribution < 1.29 is 9.59 Å². The van der Waals surface area contributed by atoms with E-state index in [2.05, 4.69) is 17.4 Å². The first-order chi connectivity index (χ1) is 15.3. The third-order valence-electron chi connectivity index (χ3n) is 4.98. The van der Waals surface area contributed by atoms with Gasteiger partial charge in [-0.15, -0.1) is 0 Å². The van der Waals surface area contributed by atoms with Gasteiger partial charge >= 0.3 is 0 Å². The lowest BCUT2D eigenvalue weighted by atomic mass is 10.1. The third kappa shape index (κ3) is 8.68. The van der Waals surface area contributed by atoms with Gasteiger partial charge in [0.2, 0.25) is 11.8 Å². The topological polar surface area (TPSA) is 49.4 Å². The molecule has 2 amide bonds. The first-order valence-electron chi connectivity index (χ1n) is 10.9. The molecule has 0 heterocycles. The Morgan fingerprint density at radius 1 is 1.03 bits per heavy atom. The van der Waals surface area contributed by atoms with Gasteiger partial charge < -0.3 is 10.2 Å². The highest BCUT2D eigenvalue weighted by Gasteiger charge is 2.28. The molecule has 0 saturated carbocycles. The van der Waals surface area contributed by atoms with Gasteiger partial charge in [0.1, 0.15) is 6.04 Å². The lowest BCUT2D eigenvalue weighted by Gasteiger charge is -2.31. The second-order valence-electron chi connectivity index (χ2n) is 8.12. The van der Waals surface area contributed by atoms with Crippen molar-refractivity contribution in [2.75, 3.05) is 12.3 Å². The molecular formula is C25H32Cl2N2O2S. The summed E-state index contributed by atoms with van der Waals surface area (Å²) in [7, 11) is 0. The molecule has 0 bridgehead atoms. The van der Waals surface area contributed by atoms with Crippen LogP contribution in [-0.2, 0) is 21.9 Å². The smallest absolute Gasteiger partial charge is 0.242 e. The Kier molecular flexibility index (Phi) is 11.4. The normalized spacial score (nSPS) is 11.9. The van der Waals surface area contributed by atoms with Gasteiger partial charge in [0.05, 0.1) is 10.0 Å². The molecule has 0 aromatic heterocycles. The SMILES string of the molecule is CC[C@H](C(=O)NCC(C)C)N(Cc1ccc(Cl)c(Cl)c1)C(=O)CCSCc1ccccc1. The van der Waals surface area contributed by atoms with E-state index in [9.17, 15) is 9.59 Å². The summed E-state index contributed by atoms with van der Waals surface area (Å²) in [5.74, 6) is 1.72. The van der Waals surface area contributed by atoms with Gasteiger partial charge in [-0.05, 0) is 35.6 Å². The molecule has 7 heteroatoms. The molecule has 0 fully saturated rings. The largest absolute Gasteiger partial charge is 0.354 e. The molecule has 0 saturated heterocycles. The van der Waals surface area contributed by atoms with Crippen molar-refractivity contribution in [1.82, 2.24) is 10.2 Å². The number of carbonyl (C=O) groups is 2. The second kappa shape index (κ2) is 13.8. The molecule has 32 heavy (non-hydrogen) atoms. The van der Waals surface area contributed by atoms with Crippen LogP contribution in [0.2, 0.25) is 10.0 Å². The molecule has 1 atom stereocenters. The van der Waals surface area contributed by atoms with Crippen molar-refractivity contribution in [3.8, 4) is 0 Å². The zero-order valence-electron chi connectivity index (χ0n) is 18.9. The van der Waals surface area contributed by atoms with Crippen molar-refractivity contribution >= 4 is 46.8 Å². The maximum Gasteiger partial charge on any atom is 0.242 e. The molecule has 2 aromatic carbocycles. The second-order valence-corrected chi connectivity index (χ2v) is 10.0. The van der Waals surface area contributed by atoms with Crippen LogP contribution in [0.3, 0.4) is 0 Å². The van der Waals surface area contributed by atoms with Crippen LogP contribution in [0.15, 0.2) is 48.5 Å². The Morgan fingerprint density at radius 2 is 1.75 bits per heavy atom. The number of nitrogens with zero attached hydrogens (tertiary/aromatic N) is 1. The minimum atomic E-state index is -0.533. The fourth-order valence-electron chi connectivity index (χ4n) is 3.24. The summed E-state index contributed by atoms with van der Waals surface area (Å²) in [5.41, 5.74) is 2.08. The first-order valence-corrected chi connectivity index (χ1v) is 12.9. The molecule has 0 aliphatic carbocycles. The van der Waals surface area contributed by atoms with E-state index in [4.69, 9.17) is 23.2 Å². The number of nitrogens with one attached hydrogen (secondary N) is 1. The molecule has 2 aromatic rings. The Morgan fingerprint density at radius 3 is 2.38 bits per heavy atom. The van der Waals surface area contributed by atoms with E-state index in [0.29, 0.717) is 47.6 Å². The van der Waals surface area contributed by atoms with E-state index in [0.717, 1.165) is 11.3 Å². The predicted octanol–water partition coefficient (Wildman–Crippen LogP) is 6.20. The molecule has 0 spiro atoms. The summed E-state index contributed by atoms with van der Waals surface area (Å²) in [6.07, 6.45) is 0.904. The summed E-state index contributed by atoms with van der Waals surface area (Å²) in [5, 5.41) is 3.88. The van der Waals surface area contributed by atoms with Crippen LogP contribution < -0.4 is 5.32 Å². The van der Waals surface area contributed by atoms with E-state index in [1.807, 2.05) is 45.0 Å². The van der Waals surface area contributed by atoms with Gasteiger partial charge in [0, 0.05) is 31.0 Å². The number of halogens is 2. The summed E-state index contributed by atoms with van der Waals surface area (Å²) in [4.78, 5) is 27.8. The molecule has 0 aliphatic rings. The number of hydrogen-bond donors (Lipinski definition) is 1. The predicted molar refractivity (Wildman–Crippen MR) is 136 cm³/mol. The fourth-order valence-corrected chi connectivity index (χ4v) is 4.46. The first kappa shape index (κ1) is 26.6. The lowest BCUT2D eigenvalue weighted by Crippen LogP contribution is -2.49. The summed E-state index contributed by atoms with van der Waals surface area (Å²) in [6.45, 7) is 6.91. The molecule has 1 N–H and O–H groups in total. The van der Waals surface area contributed by atoms with Crippen molar-refractivity contribution in [3.05, 3.63) is 69.7 Å². The number of benzene rings is 2. The number of rotatable bonds is 12. The molecular weight excluding hydrogens is 463 g/mol. The summed E-state index contributed by atoms with van der Waals surface area (Å²) >= 11 is 13.9. The third-order valence-corrected chi connectivity index (χ3v) is 6.75. The zero-order valence-corrected chi connectivity index (χ0v) is 21.3. The van der Waals surface area contributed by atoms with Crippen LogP contribution >= 0.6 is 35.0 Å². The van der Waals surface area contributed by atoms with Crippen LogP contribution in [-0.4, -0.2) is 35.1 Å². The Hall–Kier alpha value is -1.69. The lowest BCUT2D eigenvalue weighted by molar-refractivity contribution is -0.141. The Labute approximate surface area is 206 Å². The zero-order chi connectivity index (χ0) is 23.5. The van der Waals surface area contributed by atoms with E-state index in [-0.39, 0.29) is 11.8 Å². The number of carbonyl (C=O) groups excluding carboxylic acids is 2. The highest BCUT2D eigenvalue weighted by molar-refractivity contribution is 7.98. The van der Waals surface area contributed by atoms with Gasteiger partial charge in [-0.3, -0.25) is 9.59 Å². The van der Waals surface area contributed by atoms with Gasteiger partial charge in [0.25, 0.3) is 0 Å². The molecule has 4 nitrogen and oxygen atoms in total. The van der Waals surface area contributed by atoms with Crippen LogP contribution in [0.1, 0.15) is 44.7 Å². The van der Waals surface area contributed by atoms with Crippen molar-refractivity contribution in [3.63, 3.8) is 0 Å². The molecule has 0 unspecified atom stereocenters. The molecule has 2 rings (SSSR count). The van der Waals surface area contributed by atoms with E-state index in [1.54, 1.807) is 28.8 Å². The Balaban J connectivity index is 2.09. The highest BCUT2D eigenvalue weighted by atomic mass is 35.5. The minimum absolute atomic E-state index is 0.0387. The van der Waals surface area contributed by atoms with Gasteiger partial charge in [-0.1, -0.05) is 80.4 Å². The summed E-state index contributed by atoms with van der Waals surface area (Å²) in [6, 6.07) is 15.0. The average Bonchev–Trinajstić information content (AvgIpc) is 2.78. The van der Waals surface area contributed by atoms with E-state index >= 15 is 0 Å². The number of hydrogen-bond acceptors (Lipinski definition) is 3. The highest BCUT2D eigenvalue weighted by Crippen LogP contribution is 2.24. The standard InChI is InChI=1S/C25H32Cl2N2O2S/c1-4-23(25(31)28-15-18(2)3)29(16-20-10-11-21(26)22(27)14-20)24(30)12-13-32-17-19-8-6-5-7-9-19/h5-11,14,18,23H,4,12-13,15-17H2,1-3H3,(H,28,31)/t23-/m1/s1. The van der Waals surface area contributed by atoms with E-state index < -0.39 is 6.04 Å². The van der Waals surface area contributed by atoms with Crippen molar-refractivity contribution in [2.45, 2.75) is 52.0 Å². The molecule has 0 radical (unpaired) electrons. The van der Waals surface area contributed by atoms with Crippen LogP contribution in [0.4, 0.5) is 0 Å². The van der Waals surface area contributed by atoms with Gasteiger partial charge in [-0.25, -0.2) is 0 Å². The molecule has 174 valence electrons. The summed E-state index contributed by atoms with van der Waals surface area (Å²) < 4.78 is 0. The maximum atomic E-state index is 13.2. The molecule has 0 aliphatic heterocycles. The van der Waals surface area contributed by atoms with Crippen molar-refractivity contribution in [1.29, 1.82) is 0 Å². The van der Waals surface area contributed by atoms with Crippen LogP contribution in [0, 0.1) is 5.92 Å². The van der Waals surface area contributed by atoms with Crippen molar-refractivity contribution in [2.24, 2.45) is 5.92 Å². The quantitative estimate of drug-likeness (QED) is 0.357.